The number of aryl methyl sites for hydroxylation is 1. The molecule has 1 aliphatic heterocycles. The van der Waals surface area contributed by atoms with Crippen LogP contribution in [-0.2, 0) is 11.3 Å². The van der Waals surface area contributed by atoms with Gasteiger partial charge in [0.1, 0.15) is 5.82 Å². The third-order valence-electron chi connectivity index (χ3n) is 7.86. The largest absolute Gasteiger partial charge is 0.354 e. The van der Waals surface area contributed by atoms with Crippen molar-refractivity contribution in [3.63, 3.8) is 0 Å². The Hall–Kier alpha value is -3.12. The standard InChI is InChI=1S/C31H41N5O/c1-5-33-16-18-34(19-17-33)30-29(24(4)32-36(30)26-14-10-7-11-15-26)22-35(21-23(2)3)31(37)28-20-27(28)25-12-8-6-9-13-25/h6-15,23,27-28H,5,16-22H2,1-4H3/t27-,28+/m0/s1. The molecule has 3 aromatic rings. The van der Waals surface area contributed by atoms with Gasteiger partial charge in [-0.2, -0.15) is 5.10 Å². The lowest BCUT2D eigenvalue weighted by atomic mass is 10.1. The zero-order valence-corrected chi connectivity index (χ0v) is 22.8. The SMILES string of the molecule is CCN1CCN(c2c(CN(CC(C)C)C(=O)[C@@H]3C[C@H]3c3ccccc3)c(C)nn2-c2ccccc2)CC1. The van der Waals surface area contributed by atoms with Crippen molar-refractivity contribution in [2.45, 2.75) is 46.6 Å². The number of aromatic nitrogens is 2. The molecule has 1 aliphatic carbocycles. The number of hydrogen-bond acceptors (Lipinski definition) is 4. The zero-order valence-electron chi connectivity index (χ0n) is 22.8. The van der Waals surface area contributed by atoms with Crippen molar-refractivity contribution in [3.05, 3.63) is 77.5 Å². The van der Waals surface area contributed by atoms with Crippen molar-refractivity contribution in [2.75, 3.05) is 44.2 Å². The first-order valence-corrected chi connectivity index (χ1v) is 13.9. The maximum absolute atomic E-state index is 13.9. The van der Waals surface area contributed by atoms with Crippen LogP contribution in [0.1, 0.15) is 49.9 Å². The number of likely N-dealkylation sites (N-methyl/N-ethyl adjacent to an activating group) is 1. The van der Waals surface area contributed by atoms with Gasteiger partial charge in [-0.3, -0.25) is 4.79 Å². The third kappa shape index (κ3) is 5.59. The van der Waals surface area contributed by atoms with Crippen LogP contribution in [0.5, 0.6) is 0 Å². The first-order chi connectivity index (χ1) is 18.0. The number of carbonyl (C=O) groups is 1. The average molecular weight is 500 g/mol. The van der Waals surface area contributed by atoms with E-state index in [0.717, 1.165) is 62.9 Å². The van der Waals surface area contributed by atoms with Gasteiger partial charge in [-0.1, -0.05) is 69.3 Å². The van der Waals surface area contributed by atoms with Gasteiger partial charge in [0.2, 0.25) is 5.91 Å². The van der Waals surface area contributed by atoms with Gasteiger partial charge >= 0.3 is 0 Å². The van der Waals surface area contributed by atoms with Gasteiger partial charge < -0.3 is 14.7 Å². The predicted octanol–water partition coefficient (Wildman–Crippen LogP) is 5.11. The van der Waals surface area contributed by atoms with E-state index in [-0.39, 0.29) is 11.8 Å². The van der Waals surface area contributed by atoms with Gasteiger partial charge in [0, 0.05) is 44.2 Å². The number of hydrogen-bond donors (Lipinski definition) is 0. The van der Waals surface area contributed by atoms with Crippen molar-refractivity contribution in [3.8, 4) is 5.69 Å². The molecule has 6 heteroatoms. The van der Waals surface area contributed by atoms with Crippen LogP contribution in [-0.4, -0.2) is 64.8 Å². The highest BCUT2D eigenvalue weighted by Crippen LogP contribution is 2.48. The van der Waals surface area contributed by atoms with Gasteiger partial charge in [0.05, 0.1) is 17.9 Å². The minimum absolute atomic E-state index is 0.0853. The van der Waals surface area contributed by atoms with Gasteiger partial charge in [0.25, 0.3) is 0 Å². The van der Waals surface area contributed by atoms with E-state index < -0.39 is 0 Å². The second kappa shape index (κ2) is 11.1. The van der Waals surface area contributed by atoms with Gasteiger partial charge in [-0.25, -0.2) is 4.68 Å². The van der Waals surface area contributed by atoms with E-state index in [1.54, 1.807) is 0 Å². The molecule has 2 fully saturated rings. The Kier molecular flexibility index (Phi) is 7.65. The van der Waals surface area contributed by atoms with Crippen LogP contribution in [0.4, 0.5) is 5.82 Å². The molecule has 2 aromatic carbocycles. The number of rotatable bonds is 9. The summed E-state index contributed by atoms with van der Waals surface area (Å²) in [7, 11) is 0. The number of carbonyl (C=O) groups excluding carboxylic acids is 1. The molecular weight excluding hydrogens is 458 g/mol. The second-order valence-electron chi connectivity index (χ2n) is 11.0. The molecule has 1 saturated carbocycles. The topological polar surface area (TPSA) is 44.6 Å². The summed E-state index contributed by atoms with van der Waals surface area (Å²) in [5.41, 5.74) is 4.54. The molecule has 1 amide bonds. The molecule has 6 nitrogen and oxygen atoms in total. The first kappa shape index (κ1) is 25.5. The maximum atomic E-state index is 13.9. The van der Waals surface area contributed by atoms with E-state index in [9.17, 15) is 4.79 Å². The van der Waals surface area contributed by atoms with E-state index in [0.29, 0.717) is 18.4 Å². The highest BCUT2D eigenvalue weighted by atomic mass is 16.2. The Balaban J connectivity index is 1.45. The zero-order chi connectivity index (χ0) is 25.9. The van der Waals surface area contributed by atoms with Crippen molar-refractivity contribution in [2.24, 2.45) is 11.8 Å². The fraction of sp³-hybridized carbons (Fsp3) is 0.484. The Bertz CT molecular complexity index is 1180. The number of nitrogens with zero attached hydrogens (tertiary/aromatic N) is 5. The highest BCUT2D eigenvalue weighted by molar-refractivity contribution is 5.83. The van der Waals surface area contributed by atoms with Crippen molar-refractivity contribution < 1.29 is 4.79 Å². The number of benzene rings is 2. The van der Waals surface area contributed by atoms with Crippen molar-refractivity contribution in [1.29, 1.82) is 0 Å². The molecule has 37 heavy (non-hydrogen) atoms. The number of piperazine rings is 1. The minimum Gasteiger partial charge on any atom is -0.354 e. The molecule has 5 rings (SSSR count). The summed E-state index contributed by atoms with van der Waals surface area (Å²) in [4.78, 5) is 21.0. The smallest absolute Gasteiger partial charge is 0.226 e. The molecule has 0 unspecified atom stereocenters. The average Bonchev–Trinajstić information content (AvgIpc) is 3.66. The Morgan fingerprint density at radius 3 is 2.27 bits per heavy atom. The van der Waals surface area contributed by atoms with E-state index in [4.69, 9.17) is 5.10 Å². The molecule has 0 bridgehead atoms. The normalized spacial score (nSPS) is 19.9. The molecule has 1 saturated heterocycles. The van der Waals surface area contributed by atoms with Crippen LogP contribution < -0.4 is 4.90 Å². The quantitative estimate of drug-likeness (QED) is 0.410. The maximum Gasteiger partial charge on any atom is 0.226 e. The van der Waals surface area contributed by atoms with Crippen LogP contribution in [0.2, 0.25) is 0 Å². The van der Waals surface area contributed by atoms with Crippen LogP contribution in [0.25, 0.3) is 5.69 Å². The molecule has 0 N–H and O–H groups in total. The van der Waals surface area contributed by atoms with E-state index in [1.165, 1.54) is 11.1 Å². The monoisotopic (exact) mass is 499 g/mol. The summed E-state index contributed by atoms with van der Waals surface area (Å²) in [6.07, 6.45) is 0.950. The van der Waals surface area contributed by atoms with Gasteiger partial charge in [0.15, 0.2) is 0 Å². The number of anilines is 1. The second-order valence-corrected chi connectivity index (χ2v) is 11.0. The van der Waals surface area contributed by atoms with E-state index in [1.807, 2.05) is 12.1 Å². The third-order valence-corrected chi connectivity index (χ3v) is 7.86. The fourth-order valence-corrected chi connectivity index (χ4v) is 5.72. The Labute approximate surface area is 221 Å². The molecule has 196 valence electrons. The lowest BCUT2D eigenvalue weighted by Crippen LogP contribution is -2.47. The summed E-state index contributed by atoms with van der Waals surface area (Å²) in [5, 5.41) is 5.03. The summed E-state index contributed by atoms with van der Waals surface area (Å²) in [6.45, 7) is 15.2. The van der Waals surface area contributed by atoms with E-state index >= 15 is 0 Å². The van der Waals surface area contributed by atoms with Crippen LogP contribution in [0.15, 0.2) is 60.7 Å². The van der Waals surface area contributed by atoms with Gasteiger partial charge in [-0.15, -0.1) is 0 Å². The Morgan fingerprint density at radius 1 is 1.00 bits per heavy atom. The molecule has 0 radical (unpaired) electrons. The highest BCUT2D eigenvalue weighted by Gasteiger charge is 2.46. The van der Waals surface area contributed by atoms with Crippen molar-refractivity contribution >= 4 is 11.7 Å². The number of amides is 1. The number of para-hydroxylation sites is 1. The Morgan fingerprint density at radius 2 is 1.65 bits per heavy atom. The molecule has 2 heterocycles. The summed E-state index contributed by atoms with van der Waals surface area (Å²) in [5.74, 6) is 2.27. The fourth-order valence-electron chi connectivity index (χ4n) is 5.72. The molecule has 2 atom stereocenters. The molecular formula is C31H41N5O. The van der Waals surface area contributed by atoms with Crippen LogP contribution >= 0.6 is 0 Å². The lowest BCUT2D eigenvalue weighted by molar-refractivity contribution is -0.133. The van der Waals surface area contributed by atoms with Crippen molar-refractivity contribution in [1.82, 2.24) is 19.6 Å². The molecule has 2 aliphatic rings. The molecule has 0 spiro atoms. The lowest BCUT2D eigenvalue weighted by Gasteiger charge is -2.36. The summed E-state index contributed by atoms with van der Waals surface area (Å²) < 4.78 is 2.11. The van der Waals surface area contributed by atoms with Crippen LogP contribution in [0.3, 0.4) is 0 Å². The summed E-state index contributed by atoms with van der Waals surface area (Å²) >= 11 is 0. The predicted molar refractivity (Wildman–Crippen MR) is 150 cm³/mol. The van der Waals surface area contributed by atoms with E-state index in [2.05, 4.69) is 95.6 Å². The van der Waals surface area contributed by atoms with Gasteiger partial charge in [-0.05, 0) is 49.4 Å². The minimum atomic E-state index is 0.0853. The van der Waals surface area contributed by atoms with Crippen LogP contribution in [0, 0.1) is 18.8 Å². The first-order valence-electron chi connectivity index (χ1n) is 13.9. The molecule has 1 aromatic heterocycles. The summed E-state index contributed by atoms with van der Waals surface area (Å²) in [6, 6.07) is 20.9.